The summed E-state index contributed by atoms with van der Waals surface area (Å²) in [5, 5.41) is 3.29. The third-order valence-electron chi connectivity index (χ3n) is 4.08. The second kappa shape index (κ2) is 7.57. The zero-order chi connectivity index (χ0) is 17.8. The average molecular weight is 359 g/mol. The largest absolute Gasteiger partial charge is 0.484 e. The molecule has 0 unspecified atom stereocenters. The molecule has 6 heteroatoms. The highest BCUT2D eigenvalue weighted by Gasteiger charge is 2.28. The Balaban J connectivity index is 1.53. The Morgan fingerprint density at radius 2 is 1.92 bits per heavy atom. The van der Waals surface area contributed by atoms with Crippen LogP contribution in [0.2, 0.25) is 5.02 Å². The topological polar surface area (TPSA) is 58.6 Å². The first-order valence-electron chi connectivity index (χ1n) is 8.11. The van der Waals surface area contributed by atoms with Crippen molar-refractivity contribution in [3.05, 3.63) is 59.1 Å². The number of para-hydroxylation sites is 1. The third-order valence-corrected chi connectivity index (χ3v) is 4.34. The smallest absolute Gasteiger partial charge is 0.258 e. The normalized spacial score (nSPS) is 13.9. The van der Waals surface area contributed by atoms with Crippen LogP contribution in [0.15, 0.2) is 48.5 Å². The molecule has 2 amide bonds. The molecule has 1 atom stereocenters. The summed E-state index contributed by atoms with van der Waals surface area (Å²) >= 11 is 5.80. The van der Waals surface area contributed by atoms with Gasteiger partial charge in [0.15, 0.2) is 6.61 Å². The van der Waals surface area contributed by atoms with E-state index in [4.69, 9.17) is 16.3 Å². The summed E-state index contributed by atoms with van der Waals surface area (Å²) in [4.78, 5) is 26.4. The van der Waals surface area contributed by atoms with Crippen LogP contribution in [0.1, 0.15) is 12.5 Å². The van der Waals surface area contributed by atoms with E-state index in [0.29, 0.717) is 17.3 Å². The quantitative estimate of drug-likeness (QED) is 0.894. The molecular formula is C19H19ClN2O3. The van der Waals surface area contributed by atoms with Crippen molar-refractivity contribution in [3.8, 4) is 5.75 Å². The number of amides is 2. The molecule has 5 nitrogen and oxygen atoms in total. The fourth-order valence-corrected chi connectivity index (χ4v) is 2.95. The van der Waals surface area contributed by atoms with Gasteiger partial charge in [-0.3, -0.25) is 9.59 Å². The minimum atomic E-state index is -0.618. The Bertz CT molecular complexity index is 776. The zero-order valence-corrected chi connectivity index (χ0v) is 14.6. The molecule has 0 aromatic heterocycles. The van der Waals surface area contributed by atoms with E-state index in [0.717, 1.165) is 17.7 Å². The lowest BCUT2D eigenvalue weighted by Crippen LogP contribution is -2.47. The van der Waals surface area contributed by atoms with E-state index in [9.17, 15) is 9.59 Å². The van der Waals surface area contributed by atoms with Crippen molar-refractivity contribution in [1.82, 2.24) is 5.32 Å². The maximum absolute atomic E-state index is 12.6. The molecule has 25 heavy (non-hydrogen) atoms. The molecule has 0 fully saturated rings. The van der Waals surface area contributed by atoms with Crippen molar-refractivity contribution in [2.24, 2.45) is 0 Å². The van der Waals surface area contributed by atoms with Gasteiger partial charge in [-0.05, 0) is 49.2 Å². The van der Waals surface area contributed by atoms with E-state index in [1.807, 2.05) is 24.3 Å². The number of nitrogens with one attached hydrogen (secondary N) is 1. The Labute approximate surface area is 151 Å². The van der Waals surface area contributed by atoms with Gasteiger partial charge in [0.1, 0.15) is 11.8 Å². The first-order chi connectivity index (χ1) is 12.0. The summed E-state index contributed by atoms with van der Waals surface area (Å²) in [5.74, 6) is 0.0834. The number of nitrogens with zero attached hydrogens (tertiary/aromatic N) is 1. The number of halogens is 1. The predicted octanol–water partition coefficient (Wildman–Crippen LogP) is 2.81. The summed E-state index contributed by atoms with van der Waals surface area (Å²) < 4.78 is 5.39. The highest BCUT2D eigenvalue weighted by molar-refractivity contribution is 6.30. The van der Waals surface area contributed by atoms with Crippen LogP contribution in [0, 0.1) is 0 Å². The number of hydrogen-bond donors (Lipinski definition) is 1. The lowest BCUT2D eigenvalue weighted by atomic mass is 10.2. The van der Waals surface area contributed by atoms with Gasteiger partial charge in [-0.25, -0.2) is 0 Å². The maximum Gasteiger partial charge on any atom is 0.258 e. The second-order valence-electron chi connectivity index (χ2n) is 5.90. The number of ether oxygens (including phenoxy) is 1. The van der Waals surface area contributed by atoms with Gasteiger partial charge in [0, 0.05) is 17.3 Å². The van der Waals surface area contributed by atoms with Crippen LogP contribution in [-0.4, -0.2) is 31.0 Å². The van der Waals surface area contributed by atoms with Gasteiger partial charge in [-0.1, -0.05) is 29.8 Å². The fourth-order valence-electron chi connectivity index (χ4n) is 2.83. The standard InChI is InChI=1S/C19H19ClN2O3/c1-13(19(24)22-11-10-14-4-2-3-5-17(14)22)21-18(23)12-25-16-8-6-15(20)7-9-16/h2-9,13H,10-12H2,1H3,(H,21,23)/t13-/m0/s1. The van der Waals surface area contributed by atoms with Crippen molar-refractivity contribution in [2.45, 2.75) is 19.4 Å². The monoisotopic (exact) mass is 358 g/mol. The van der Waals surface area contributed by atoms with E-state index in [2.05, 4.69) is 5.32 Å². The molecule has 1 aliphatic rings. The van der Waals surface area contributed by atoms with Crippen LogP contribution < -0.4 is 15.0 Å². The molecule has 1 heterocycles. The summed E-state index contributed by atoms with van der Waals surface area (Å²) in [6, 6.07) is 13.9. The highest BCUT2D eigenvalue weighted by Crippen LogP contribution is 2.27. The van der Waals surface area contributed by atoms with E-state index >= 15 is 0 Å². The van der Waals surface area contributed by atoms with Crippen LogP contribution in [0.3, 0.4) is 0 Å². The summed E-state index contributed by atoms with van der Waals surface area (Å²) in [7, 11) is 0. The molecule has 0 bridgehead atoms. The SMILES string of the molecule is C[C@H](NC(=O)COc1ccc(Cl)cc1)C(=O)N1CCc2ccccc21. The second-order valence-corrected chi connectivity index (χ2v) is 6.34. The summed E-state index contributed by atoms with van der Waals surface area (Å²) in [5.41, 5.74) is 2.08. The maximum atomic E-state index is 12.6. The first kappa shape index (κ1) is 17.3. The lowest BCUT2D eigenvalue weighted by Gasteiger charge is -2.22. The summed E-state index contributed by atoms with van der Waals surface area (Å²) in [6.45, 7) is 2.17. The van der Waals surface area contributed by atoms with Crippen molar-refractivity contribution >= 4 is 29.1 Å². The van der Waals surface area contributed by atoms with E-state index in [-0.39, 0.29) is 18.4 Å². The van der Waals surface area contributed by atoms with Crippen LogP contribution in [0.4, 0.5) is 5.69 Å². The van der Waals surface area contributed by atoms with Crippen molar-refractivity contribution < 1.29 is 14.3 Å². The summed E-state index contributed by atoms with van der Waals surface area (Å²) in [6.07, 6.45) is 0.836. The zero-order valence-electron chi connectivity index (χ0n) is 13.9. The number of hydrogen-bond acceptors (Lipinski definition) is 3. The number of rotatable bonds is 5. The number of benzene rings is 2. The molecule has 2 aromatic rings. The van der Waals surface area contributed by atoms with Gasteiger partial charge in [-0.15, -0.1) is 0 Å². The fraction of sp³-hybridized carbons (Fsp3) is 0.263. The van der Waals surface area contributed by atoms with Crippen molar-refractivity contribution in [2.75, 3.05) is 18.1 Å². The molecule has 0 spiro atoms. The number of fused-ring (bicyclic) bond motifs is 1. The molecule has 3 rings (SSSR count). The first-order valence-corrected chi connectivity index (χ1v) is 8.49. The molecule has 130 valence electrons. The van der Waals surface area contributed by atoms with Gasteiger partial charge in [0.2, 0.25) is 5.91 Å². The van der Waals surface area contributed by atoms with E-state index < -0.39 is 6.04 Å². The van der Waals surface area contributed by atoms with Crippen LogP contribution in [0.25, 0.3) is 0 Å². The van der Waals surface area contributed by atoms with Crippen LogP contribution in [-0.2, 0) is 16.0 Å². The Morgan fingerprint density at radius 1 is 1.20 bits per heavy atom. The minimum Gasteiger partial charge on any atom is -0.484 e. The molecule has 0 radical (unpaired) electrons. The third kappa shape index (κ3) is 4.12. The van der Waals surface area contributed by atoms with Crippen LogP contribution in [0.5, 0.6) is 5.75 Å². The lowest BCUT2D eigenvalue weighted by molar-refractivity contribution is -0.128. The number of carbonyl (C=O) groups is 2. The Kier molecular flexibility index (Phi) is 5.24. The van der Waals surface area contributed by atoms with E-state index in [1.165, 1.54) is 0 Å². The molecule has 0 saturated carbocycles. The molecule has 1 N–H and O–H groups in total. The molecule has 0 saturated heterocycles. The number of carbonyl (C=O) groups excluding carboxylic acids is 2. The minimum absolute atomic E-state index is 0.121. The molecule has 0 aliphatic carbocycles. The van der Waals surface area contributed by atoms with Crippen LogP contribution >= 0.6 is 11.6 Å². The molecule has 2 aromatic carbocycles. The van der Waals surface area contributed by atoms with Gasteiger partial charge in [0.05, 0.1) is 0 Å². The predicted molar refractivity (Wildman–Crippen MR) is 97.1 cm³/mol. The van der Waals surface area contributed by atoms with Gasteiger partial charge in [-0.2, -0.15) is 0 Å². The van der Waals surface area contributed by atoms with Crippen molar-refractivity contribution in [1.29, 1.82) is 0 Å². The Morgan fingerprint density at radius 3 is 2.68 bits per heavy atom. The molecular weight excluding hydrogens is 340 g/mol. The van der Waals surface area contributed by atoms with Crippen molar-refractivity contribution in [3.63, 3.8) is 0 Å². The number of anilines is 1. The Hall–Kier alpha value is -2.53. The van der Waals surface area contributed by atoms with E-state index in [1.54, 1.807) is 36.1 Å². The van der Waals surface area contributed by atoms with Gasteiger partial charge in [0.25, 0.3) is 5.91 Å². The molecule has 1 aliphatic heterocycles. The average Bonchev–Trinajstić information content (AvgIpc) is 3.04. The van der Waals surface area contributed by atoms with Gasteiger partial charge >= 0.3 is 0 Å². The highest BCUT2D eigenvalue weighted by atomic mass is 35.5. The van der Waals surface area contributed by atoms with Gasteiger partial charge < -0.3 is 15.0 Å².